The first-order valence-corrected chi connectivity index (χ1v) is 6.83. The van der Waals surface area contributed by atoms with E-state index in [2.05, 4.69) is 40.7 Å². The lowest BCUT2D eigenvalue weighted by atomic mass is 10.1. The van der Waals surface area contributed by atoms with E-state index >= 15 is 0 Å². The average Bonchev–Trinajstić information content (AvgIpc) is 2.96. The maximum atomic E-state index is 8.84. The molecule has 0 spiro atoms. The molecule has 0 N–H and O–H groups in total. The summed E-state index contributed by atoms with van der Waals surface area (Å²) >= 11 is 0. The Bertz CT molecular complexity index is 792. The van der Waals surface area contributed by atoms with E-state index in [4.69, 9.17) is 5.26 Å². The van der Waals surface area contributed by atoms with Crippen molar-refractivity contribution in [1.82, 2.24) is 9.55 Å². The topological polar surface area (TPSA) is 41.6 Å². The van der Waals surface area contributed by atoms with Gasteiger partial charge in [0.15, 0.2) is 0 Å². The molecule has 1 aromatic heterocycles. The fourth-order valence-electron chi connectivity index (χ4n) is 2.36. The van der Waals surface area contributed by atoms with Gasteiger partial charge in [-0.25, -0.2) is 4.98 Å². The molecule has 102 valence electrons. The molecule has 0 radical (unpaired) electrons. The van der Waals surface area contributed by atoms with Crippen LogP contribution in [-0.4, -0.2) is 9.55 Å². The summed E-state index contributed by atoms with van der Waals surface area (Å²) in [5.41, 5.74) is 4.18. The summed E-state index contributed by atoms with van der Waals surface area (Å²) in [4.78, 5) is 4.47. The van der Waals surface area contributed by atoms with Crippen molar-refractivity contribution in [3.8, 4) is 17.5 Å². The van der Waals surface area contributed by atoms with Crippen LogP contribution in [0.2, 0.25) is 0 Å². The van der Waals surface area contributed by atoms with Crippen molar-refractivity contribution in [3.05, 3.63) is 77.6 Å². The fraction of sp³-hybridized carbons (Fsp3) is 0.111. The molecule has 21 heavy (non-hydrogen) atoms. The van der Waals surface area contributed by atoms with Gasteiger partial charge >= 0.3 is 0 Å². The van der Waals surface area contributed by atoms with Crippen LogP contribution in [0.5, 0.6) is 0 Å². The number of rotatable bonds is 3. The van der Waals surface area contributed by atoms with Crippen molar-refractivity contribution in [2.24, 2.45) is 0 Å². The van der Waals surface area contributed by atoms with E-state index in [0.717, 1.165) is 23.5 Å². The normalized spacial score (nSPS) is 10.3. The summed E-state index contributed by atoms with van der Waals surface area (Å²) in [7, 11) is 0. The minimum Gasteiger partial charge on any atom is -0.327 e. The van der Waals surface area contributed by atoms with Crippen LogP contribution in [0.3, 0.4) is 0 Å². The quantitative estimate of drug-likeness (QED) is 0.728. The van der Waals surface area contributed by atoms with E-state index in [1.54, 1.807) is 0 Å². The molecule has 0 saturated heterocycles. The number of imidazole rings is 1. The van der Waals surface area contributed by atoms with Gasteiger partial charge in [-0.1, -0.05) is 35.9 Å². The summed E-state index contributed by atoms with van der Waals surface area (Å²) < 4.78 is 2.12. The van der Waals surface area contributed by atoms with Gasteiger partial charge < -0.3 is 4.57 Å². The molecule has 0 amide bonds. The number of benzene rings is 2. The third-order valence-electron chi connectivity index (χ3n) is 3.43. The van der Waals surface area contributed by atoms with E-state index in [-0.39, 0.29) is 0 Å². The Morgan fingerprint density at radius 1 is 1.14 bits per heavy atom. The number of aromatic nitrogens is 2. The first-order chi connectivity index (χ1) is 10.3. The summed E-state index contributed by atoms with van der Waals surface area (Å²) in [6.07, 6.45) is 3.80. The van der Waals surface area contributed by atoms with Crippen LogP contribution in [0, 0.1) is 18.3 Å². The second-order valence-electron chi connectivity index (χ2n) is 5.06. The molecule has 2 aromatic carbocycles. The van der Waals surface area contributed by atoms with E-state index in [9.17, 15) is 0 Å². The highest BCUT2D eigenvalue weighted by Crippen LogP contribution is 2.19. The van der Waals surface area contributed by atoms with Crippen LogP contribution in [0.4, 0.5) is 0 Å². The van der Waals surface area contributed by atoms with Gasteiger partial charge in [-0.05, 0) is 30.7 Å². The SMILES string of the molecule is Cc1cccc(-c2nccn2Cc2ccc(C#N)cc2)c1. The van der Waals surface area contributed by atoms with Crippen molar-refractivity contribution in [1.29, 1.82) is 5.26 Å². The predicted octanol–water partition coefficient (Wildman–Crippen LogP) is 3.78. The van der Waals surface area contributed by atoms with Crippen molar-refractivity contribution in [3.63, 3.8) is 0 Å². The third kappa shape index (κ3) is 2.85. The van der Waals surface area contributed by atoms with Gasteiger partial charge in [0.25, 0.3) is 0 Å². The van der Waals surface area contributed by atoms with E-state index in [1.807, 2.05) is 42.7 Å². The highest BCUT2D eigenvalue weighted by atomic mass is 15.1. The van der Waals surface area contributed by atoms with Gasteiger partial charge in [0.1, 0.15) is 5.82 Å². The van der Waals surface area contributed by atoms with Gasteiger partial charge in [-0.15, -0.1) is 0 Å². The van der Waals surface area contributed by atoms with Crippen LogP contribution < -0.4 is 0 Å². The molecule has 0 aliphatic heterocycles. The zero-order chi connectivity index (χ0) is 14.7. The Morgan fingerprint density at radius 2 is 1.95 bits per heavy atom. The van der Waals surface area contributed by atoms with E-state index < -0.39 is 0 Å². The number of hydrogen-bond donors (Lipinski definition) is 0. The molecule has 0 aliphatic carbocycles. The largest absolute Gasteiger partial charge is 0.327 e. The highest BCUT2D eigenvalue weighted by molar-refractivity contribution is 5.56. The molecule has 0 unspecified atom stereocenters. The number of hydrogen-bond acceptors (Lipinski definition) is 2. The van der Waals surface area contributed by atoms with Crippen molar-refractivity contribution in [2.75, 3.05) is 0 Å². The monoisotopic (exact) mass is 273 g/mol. The maximum absolute atomic E-state index is 8.84. The Morgan fingerprint density at radius 3 is 2.67 bits per heavy atom. The van der Waals surface area contributed by atoms with E-state index in [0.29, 0.717) is 5.56 Å². The summed E-state index contributed by atoms with van der Waals surface area (Å²) in [5, 5.41) is 8.84. The van der Waals surface area contributed by atoms with Crippen molar-refractivity contribution < 1.29 is 0 Å². The smallest absolute Gasteiger partial charge is 0.140 e. The lowest BCUT2D eigenvalue weighted by molar-refractivity contribution is 0.807. The van der Waals surface area contributed by atoms with Crippen LogP contribution in [0.15, 0.2) is 60.9 Å². The maximum Gasteiger partial charge on any atom is 0.140 e. The van der Waals surface area contributed by atoms with Crippen LogP contribution in [-0.2, 0) is 6.54 Å². The fourth-order valence-corrected chi connectivity index (χ4v) is 2.36. The Labute approximate surface area is 124 Å². The van der Waals surface area contributed by atoms with Crippen molar-refractivity contribution in [2.45, 2.75) is 13.5 Å². The molecule has 0 atom stereocenters. The summed E-state index contributed by atoms with van der Waals surface area (Å²) in [6, 6.07) is 18.1. The van der Waals surface area contributed by atoms with Gasteiger partial charge in [-0.2, -0.15) is 5.26 Å². The first kappa shape index (κ1) is 13.1. The second-order valence-corrected chi connectivity index (χ2v) is 5.06. The summed E-state index contributed by atoms with van der Waals surface area (Å²) in [6.45, 7) is 2.83. The molecule has 1 heterocycles. The molecule has 0 aliphatic rings. The standard InChI is InChI=1S/C18H15N3/c1-14-3-2-4-17(11-14)18-20-9-10-21(18)13-16-7-5-15(12-19)6-8-16/h2-11H,13H2,1H3. The third-order valence-corrected chi connectivity index (χ3v) is 3.43. The van der Waals surface area contributed by atoms with Gasteiger partial charge in [0.05, 0.1) is 11.6 Å². The predicted molar refractivity (Wildman–Crippen MR) is 82.7 cm³/mol. The Balaban J connectivity index is 1.90. The van der Waals surface area contributed by atoms with E-state index in [1.165, 1.54) is 5.56 Å². The van der Waals surface area contributed by atoms with Crippen LogP contribution >= 0.6 is 0 Å². The van der Waals surface area contributed by atoms with Crippen LogP contribution in [0.25, 0.3) is 11.4 Å². The highest BCUT2D eigenvalue weighted by Gasteiger charge is 2.06. The number of aryl methyl sites for hydroxylation is 1. The molecule has 0 bridgehead atoms. The number of nitriles is 1. The summed E-state index contributed by atoms with van der Waals surface area (Å²) in [5.74, 6) is 0.961. The van der Waals surface area contributed by atoms with Crippen molar-refractivity contribution >= 4 is 0 Å². The molecule has 3 rings (SSSR count). The van der Waals surface area contributed by atoms with Crippen LogP contribution in [0.1, 0.15) is 16.7 Å². The lowest BCUT2D eigenvalue weighted by Crippen LogP contribution is -2.01. The zero-order valence-corrected chi connectivity index (χ0v) is 11.8. The lowest BCUT2D eigenvalue weighted by Gasteiger charge is -2.09. The zero-order valence-electron chi connectivity index (χ0n) is 11.8. The van der Waals surface area contributed by atoms with Gasteiger partial charge in [0.2, 0.25) is 0 Å². The molecular formula is C18H15N3. The molecule has 0 saturated carbocycles. The average molecular weight is 273 g/mol. The van der Waals surface area contributed by atoms with Gasteiger partial charge in [-0.3, -0.25) is 0 Å². The minimum absolute atomic E-state index is 0.684. The Hall–Kier alpha value is -2.86. The Kier molecular flexibility index (Phi) is 3.53. The van der Waals surface area contributed by atoms with Gasteiger partial charge in [0, 0.05) is 24.5 Å². The number of nitrogens with zero attached hydrogens (tertiary/aromatic N) is 3. The molecule has 3 heteroatoms. The second kappa shape index (κ2) is 5.64. The molecular weight excluding hydrogens is 258 g/mol. The molecule has 3 aromatic rings. The first-order valence-electron chi connectivity index (χ1n) is 6.83. The molecule has 0 fully saturated rings. The minimum atomic E-state index is 0.684. The molecule has 3 nitrogen and oxygen atoms in total.